The predicted molar refractivity (Wildman–Crippen MR) is 89.1 cm³/mol. The average Bonchev–Trinajstić information content (AvgIpc) is 3.17. The van der Waals surface area contributed by atoms with Crippen LogP contribution < -0.4 is 11.1 Å². The molecule has 1 heterocycles. The van der Waals surface area contributed by atoms with Gasteiger partial charge in [0.25, 0.3) is 5.91 Å². The molecule has 0 bridgehead atoms. The number of benzene rings is 1. The smallest absolute Gasteiger partial charge is 0.271 e. The van der Waals surface area contributed by atoms with E-state index in [9.17, 15) is 4.79 Å². The van der Waals surface area contributed by atoms with Crippen molar-refractivity contribution in [1.82, 2.24) is 10.3 Å². The SMILES string of the molecule is NCc1nc(C(=O)NC2(c3cccc(Cl)c3)CCCC2)cs1. The van der Waals surface area contributed by atoms with E-state index in [0.717, 1.165) is 36.3 Å². The monoisotopic (exact) mass is 335 g/mol. The molecule has 0 saturated heterocycles. The standard InChI is InChI=1S/C16H18ClN3OS/c17-12-5-3-4-11(8-12)16(6-1-2-7-16)20-15(21)13-10-22-14(9-18)19-13/h3-5,8,10H,1-2,6-7,9,18H2,(H,20,21). The number of carbonyl (C=O) groups excluding carboxylic acids is 1. The molecule has 4 nitrogen and oxygen atoms in total. The third-order valence-electron chi connectivity index (χ3n) is 4.15. The molecule has 0 unspecified atom stereocenters. The third-order valence-corrected chi connectivity index (χ3v) is 5.25. The van der Waals surface area contributed by atoms with Gasteiger partial charge in [-0.15, -0.1) is 11.3 Å². The highest BCUT2D eigenvalue weighted by Gasteiger charge is 2.37. The highest BCUT2D eigenvalue weighted by molar-refractivity contribution is 7.09. The molecule has 1 amide bonds. The molecule has 1 aliphatic carbocycles. The number of rotatable bonds is 4. The molecule has 1 aromatic carbocycles. The number of thiazole rings is 1. The van der Waals surface area contributed by atoms with Gasteiger partial charge in [0.2, 0.25) is 0 Å². The Hall–Kier alpha value is -1.43. The second-order valence-corrected chi connectivity index (χ2v) is 6.96. The van der Waals surface area contributed by atoms with Crippen molar-refractivity contribution in [2.75, 3.05) is 0 Å². The molecule has 1 aliphatic rings. The minimum Gasteiger partial charge on any atom is -0.341 e. The lowest BCUT2D eigenvalue weighted by atomic mass is 9.88. The molecule has 0 spiro atoms. The van der Waals surface area contributed by atoms with Crippen LogP contribution in [0.1, 0.15) is 46.7 Å². The Morgan fingerprint density at radius 1 is 1.41 bits per heavy atom. The van der Waals surface area contributed by atoms with Crippen molar-refractivity contribution in [3.63, 3.8) is 0 Å². The number of nitrogens with two attached hydrogens (primary N) is 1. The van der Waals surface area contributed by atoms with E-state index in [4.69, 9.17) is 17.3 Å². The zero-order valence-corrected chi connectivity index (χ0v) is 13.7. The first-order valence-electron chi connectivity index (χ1n) is 7.36. The Kier molecular flexibility index (Phi) is 4.47. The molecule has 0 aliphatic heterocycles. The van der Waals surface area contributed by atoms with Gasteiger partial charge in [0.05, 0.1) is 5.54 Å². The van der Waals surface area contributed by atoms with Crippen molar-refractivity contribution >= 4 is 28.8 Å². The lowest BCUT2D eigenvalue weighted by molar-refractivity contribution is 0.0893. The van der Waals surface area contributed by atoms with Gasteiger partial charge < -0.3 is 11.1 Å². The summed E-state index contributed by atoms with van der Waals surface area (Å²) in [6.45, 7) is 0.359. The number of carbonyl (C=O) groups is 1. The quantitative estimate of drug-likeness (QED) is 0.899. The Morgan fingerprint density at radius 3 is 2.82 bits per heavy atom. The van der Waals surface area contributed by atoms with Gasteiger partial charge in [0.1, 0.15) is 10.7 Å². The van der Waals surface area contributed by atoms with Crippen molar-refractivity contribution in [3.8, 4) is 0 Å². The van der Waals surface area contributed by atoms with E-state index < -0.39 is 0 Å². The van der Waals surface area contributed by atoms with Crippen LogP contribution in [0.5, 0.6) is 0 Å². The fourth-order valence-electron chi connectivity index (χ4n) is 3.04. The van der Waals surface area contributed by atoms with Crippen LogP contribution in [-0.2, 0) is 12.1 Å². The zero-order valence-electron chi connectivity index (χ0n) is 12.1. The second kappa shape index (κ2) is 6.36. The first kappa shape index (κ1) is 15.5. The summed E-state index contributed by atoms with van der Waals surface area (Å²) in [7, 11) is 0. The molecule has 3 rings (SSSR count). The molecule has 1 fully saturated rings. The van der Waals surface area contributed by atoms with Gasteiger partial charge in [-0.1, -0.05) is 36.6 Å². The number of aromatic nitrogens is 1. The fourth-order valence-corrected chi connectivity index (χ4v) is 3.89. The molecule has 0 atom stereocenters. The van der Waals surface area contributed by atoms with Gasteiger partial charge in [-0.25, -0.2) is 4.98 Å². The minimum atomic E-state index is -0.339. The van der Waals surface area contributed by atoms with Gasteiger partial charge in [-0.05, 0) is 30.5 Å². The van der Waals surface area contributed by atoms with E-state index in [1.165, 1.54) is 11.3 Å². The normalized spacial score (nSPS) is 16.6. The van der Waals surface area contributed by atoms with Gasteiger partial charge in [-0.2, -0.15) is 0 Å². The molecule has 6 heteroatoms. The lowest BCUT2D eigenvalue weighted by Gasteiger charge is -2.31. The number of nitrogens with zero attached hydrogens (tertiary/aromatic N) is 1. The molecular weight excluding hydrogens is 318 g/mol. The summed E-state index contributed by atoms with van der Waals surface area (Å²) in [5, 5.41) is 6.42. The summed E-state index contributed by atoms with van der Waals surface area (Å²) in [5.41, 5.74) is 6.74. The molecule has 1 aromatic heterocycles. The number of amides is 1. The van der Waals surface area contributed by atoms with E-state index in [1.54, 1.807) is 5.38 Å². The van der Waals surface area contributed by atoms with E-state index >= 15 is 0 Å². The van der Waals surface area contributed by atoms with Gasteiger partial charge in [-0.3, -0.25) is 4.79 Å². The largest absolute Gasteiger partial charge is 0.341 e. The summed E-state index contributed by atoms with van der Waals surface area (Å²) in [4.78, 5) is 16.8. The fraction of sp³-hybridized carbons (Fsp3) is 0.375. The van der Waals surface area contributed by atoms with Crippen LogP contribution in [0.2, 0.25) is 5.02 Å². The van der Waals surface area contributed by atoms with E-state index in [-0.39, 0.29) is 11.4 Å². The second-order valence-electron chi connectivity index (χ2n) is 5.58. The minimum absolute atomic E-state index is 0.141. The number of hydrogen-bond donors (Lipinski definition) is 2. The molecule has 3 N–H and O–H groups in total. The van der Waals surface area contributed by atoms with Crippen molar-refractivity contribution in [1.29, 1.82) is 0 Å². The molecule has 1 saturated carbocycles. The number of hydrogen-bond acceptors (Lipinski definition) is 4. The predicted octanol–water partition coefficient (Wildman–Crippen LogP) is 3.45. The first-order chi connectivity index (χ1) is 10.6. The van der Waals surface area contributed by atoms with E-state index in [2.05, 4.69) is 10.3 Å². The van der Waals surface area contributed by atoms with E-state index in [0.29, 0.717) is 17.3 Å². The van der Waals surface area contributed by atoms with Crippen molar-refractivity contribution < 1.29 is 4.79 Å². The van der Waals surface area contributed by atoms with Crippen LogP contribution in [0, 0.1) is 0 Å². The Labute approximate surface area is 138 Å². The van der Waals surface area contributed by atoms with Crippen LogP contribution in [0.25, 0.3) is 0 Å². The molecule has 0 radical (unpaired) electrons. The molecular formula is C16H18ClN3OS. The lowest BCUT2D eigenvalue weighted by Crippen LogP contribution is -2.44. The van der Waals surface area contributed by atoms with Crippen LogP contribution in [-0.4, -0.2) is 10.9 Å². The summed E-state index contributed by atoms with van der Waals surface area (Å²) in [6.07, 6.45) is 4.04. The maximum Gasteiger partial charge on any atom is 0.271 e. The van der Waals surface area contributed by atoms with Crippen LogP contribution in [0.4, 0.5) is 0 Å². The van der Waals surface area contributed by atoms with Gasteiger partial charge in [0.15, 0.2) is 0 Å². The average molecular weight is 336 g/mol. The summed E-state index contributed by atoms with van der Waals surface area (Å²) in [6, 6.07) is 7.76. The third kappa shape index (κ3) is 3.02. The molecule has 116 valence electrons. The zero-order chi connectivity index (χ0) is 15.6. The number of nitrogens with one attached hydrogen (secondary N) is 1. The Morgan fingerprint density at radius 2 is 2.18 bits per heavy atom. The summed E-state index contributed by atoms with van der Waals surface area (Å²) >= 11 is 7.54. The topological polar surface area (TPSA) is 68.0 Å². The summed E-state index contributed by atoms with van der Waals surface area (Å²) in [5.74, 6) is -0.141. The number of halogens is 1. The first-order valence-corrected chi connectivity index (χ1v) is 8.62. The highest BCUT2D eigenvalue weighted by atomic mass is 35.5. The van der Waals surface area contributed by atoms with E-state index in [1.807, 2.05) is 24.3 Å². The van der Waals surface area contributed by atoms with Crippen molar-refractivity contribution in [3.05, 3.63) is 50.9 Å². The highest BCUT2D eigenvalue weighted by Crippen LogP contribution is 2.39. The van der Waals surface area contributed by atoms with Gasteiger partial charge >= 0.3 is 0 Å². The van der Waals surface area contributed by atoms with Crippen LogP contribution >= 0.6 is 22.9 Å². The maximum atomic E-state index is 12.6. The van der Waals surface area contributed by atoms with Crippen LogP contribution in [0.15, 0.2) is 29.6 Å². The van der Waals surface area contributed by atoms with Crippen molar-refractivity contribution in [2.45, 2.75) is 37.8 Å². The Balaban J connectivity index is 1.87. The molecule has 22 heavy (non-hydrogen) atoms. The molecule has 2 aromatic rings. The maximum absolute atomic E-state index is 12.6. The van der Waals surface area contributed by atoms with Crippen molar-refractivity contribution in [2.24, 2.45) is 5.73 Å². The Bertz CT molecular complexity index is 680. The summed E-state index contributed by atoms with van der Waals surface area (Å²) < 4.78 is 0. The van der Waals surface area contributed by atoms with Crippen LogP contribution in [0.3, 0.4) is 0 Å². The van der Waals surface area contributed by atoms with Gasteiger partial charge in [0, 0.05) is 16.9 Å².